The lowest BCUT2D eigenvalue weighted by Crippen LogP contribution is -2.35. The minimum atomic E-state index is -1.06. The van der Waals surface area contributed by atoms with Crippen LogP contribution in [0.3, 0.4) is 0 Å². The molecule has 0 unspecified atom stereocenters. The first-order chi connectivity index (χ1) is 12.2. The highest BCUT2D eigenvalue weighted by atomic mass is 16.6. The maximum atomic E-state index is 11.8. The molecule has 9 nitrogen and oxygen atoms in total. The number of benzene rings is 1. The van der Waals surface area contributed by atoms with Gasteiger partial charge < -0.3 is 10.3 Å². The van der Waals surface area contributed by atoms with Crippen LogP contribution in [0.15, 0.2) is 35.9 Å². The molecule has 0 atom stereocenters. The van der Waals surface area contributed by atoms with E-state index in [0.29, 0.717) is 16.9 Å². The number of urea groups is 1. The number of primary amides is 1. The summed E-state index contributed by atoms with van der Waals surface area (Å²) < 4.78 is 1.76. The van der Waals surface area contributed by atoms with Crippen molar-refractivity contribution in [2.45, 2.75) is 13.8 Å². The number of nitro groups is 1. The number of rotatable bonds is 4. The largest absolute Gasteiger partial charge is 0.351 e. The maximum absolute atomic E-state index is 11.8. The fraction of sp³-hybridized carbons (Fsp3) is 0.118. The lowest BCUT2D eigenvalue weighted by Gasteiger charge is -2.09. The molecule has 0 aliphatic carbocycles. The third-order valence-corrected chi connectivity index (χ3v) is 3.67. The molecule has 0 aliphatic heterocycles. The number of carbonyl (C=O) groups excluding carboxylic acids is 2. The van der Waals surface area contributed by atoms with E-state index >= 15 is 0 Å². The maximum Gasteiger partial charge on any atom is 0.319 e. The molecule has 2 rings (SSSR count). The molecule has 1 aromatic heterocycles. The average Bonchev–Trinajstić information content (AvgIpc) is 2.85. The summed E-state index contributed by atoms with van der Waals surface area (Å²) in [4.78, 5) is 33.1. The van der Waals surface area contributed by atoms with Gasteiger partial charge in [0, 0.05) is 23.5 Å². The van der Waals surface area contributed by atoms with Crippen molar-refractivity contribution in [2.75, 3.05) is 0 Å². The van der Waals surface area contributed by atoms with Gasteiger partial charge in [0.25, 0.3) is 11.6 Å². The van der Waals surface area contributed by atoms with Gasteiger partial charge in [0.1, 0.15) is 11.6 Å². The van der Waals surface area contributed by atoms with Gasteiger partial charge in [-0.3, -0.25) is 20.2 Å². The zero-order valence-corrected chi connectivity index (χ0v) is 14.0. The minimum absolute atomic E-state index is 0.0503. The second kappa shape index (κ2) is 7.31. The topological polar surface area (TPSA) is 144 Å². The van der Waals surface area contributed by atoms with Crippen LogP contribution in [0.5, 0.6) is 0 Å². The Morgan fingerprint density at radius 1 is 1.35 bits per heavy atom. The quantitative estimate of drug-likeness (QED) is 0.374. The summed E-state index contributed by atoms with van der Waals surface area (Å²) in [5, 5.41) is 21.9. The number of aryl methyl sites for hydroxylation is 1. The molecule has 3 amide bonds. The number of hydrogen-bond donors (Lipinski definition) is 2. The molecule has 0 saturated carbocycles. The second-order valence-electron chi connectivity index (χ2n) is 5.43. The Morgan fingerprint density at radius 3 is 2.62 bits per heavy atom. The zero-order valence-electron chi connectivity index (χ0n) is 14.0. The molecule has 0 bridgehead atoms. The molecule has 0 radical (unpaired) electrons. The van der Waals surface area contributed by atoms with Gasteiger partial charge in [0.15, 0.2) is 0 Å². The van der Waals surface area contributed by atoms with Crippen LogP contribution < -0.4 is 11.1 Å². The monoisotopic (exact) mass is 353 g/mol. The van der Waals surface area contributed by atoms with Crippen molar-refractivity contribution >= 4 is 23.7 Å². The van der Waals surface area contributed by atoms with E-state index in [0.717, 1.165) is 5.69 Å². The number of aromatic nitrogens is 1. The van der Waals surface area contributed by atoms with E-state index < -0.39 is 16.9 Å². The molecular formula is C17H15N5O4. The standard InChI is InChI=1S/C17H15N5O4/c1-10-6-12(7-13(9-18)16(23)20-17(19)24)11(2)21(10)14-4-3-5-15(8-14)22(25)26/h3-8H,1-2H3,(H3,19,20,23,24)/b13-7-. The summed E-state index contributed by atoms with van der Waals surface area (Å²) in [7, 11) is 0. The second-order valence-corrected chi connectivity index (χ2v) is 5.43. The third-order valence-electron chi connectivity index (χ3n) is 3.67. The molecule has 3 N–H and O–H groups in total. The van der Waals surface area contributed by atoms with Crippen LogP contribution in [0.4, 0.5) is 10.5 Å². The number of carbonyl (C=O) groups is 2. The van der Waals surface area contributed by atoms with E-state index in [1.807, 2.05) is 5.32 Å². The Morgan fingerprint density at radius 2 is 2.04 bits per heavy atom. The highest BCUT2D eigenvalue weighted by Gasteiger charge is 2.16. The Labute approximate surface area is 148 Å². The summed E-state index contributed by atoms with van der Waals surface area (Å²) in [6.07, 6.45) is 1.33. The van der Waals surface area contributed by atoms with Gasteiger partial charge in [-0.1, -0.05) is 6.07 Å². The number of imide groups is 1. The first-order valence-corrected chi connectivity index (χ1v) is 7.41. The number of non-ortho nitro benzene ring substituents is 1. The fourth-order valence-electron chi connectivity index (χ4n) is 2.56. The first kappa shape index (κ1) is 18.4. The summed E-state index contributed by atoms with van der Waals surface area (Å²) in [6, 6.07) is 8.49. The fourth-order valence-corrected chi connectivity index (χ4v) is 2.56. The van der Waals surface area contributed by atoms with Crippen molar-refractivity contribution in [3.05, 3.63) is 63.0 Å². The van der Waals surface area contributed by atoms with E-state index in [2.05, 4.69) is 0 Å². The van der Waals surface area contributed by atoms with E-state index in [9.17, 15) is 19.7 Å². The summed E-state index contributed by atoms with van der Waals surface area (Å²) in [6.45, 7) is 3.54. The number of amides is 3. The van der Waals surface area contributed by atoms with E-state index in [4.69, 9.17) is 11.0 Å². The van der Waals surface area contributed by atoms with Crippen LogP contribution in [0.25, 0.3) is 11.8 Å². The number of nitrogens with two attached hydrogens (primary N) is 1. The zero-order chi connectivity index (χ0) is 19.4. The highest BCUT2D eigenvalue weighted by molar-refractivity contribution is 6.08. The summed E-state index contributed by atoms with van der Waals surface area (Å²) in [5.41, 5.74) is 7.11. The van der Waals surface area contributed by atoms with Gasteiger partial charge >= 0.3 is 6.03 Å². The van der Waals surface area contributed by atoms with Gasteiger partial charge in [-0.25, -0.2) is 4.79 Å². The predicted molar refractivity (Wildman–Crippen MR) is 93.2 cm³/mol. The molecule has 0 fully saturated rings. The normalized spacial score (nSPS) is 10.9. The van der Waals surface area contributed by atoms with Crippen molar-refractivity contribution < 1.29 is 14.5 Å². The molecule has 9 heteroatoms. The molecule has 0 spiro atoms. The van der Waals surface area contributed by atoms with Gasteiger partial charge in [-0.15, -0.1) is 0 Å². The molecule has 132 valence electrons. The van der Waals surface area contributed by atoms with Crippen molar-refractivity contribution in [2.24, 2.45) is 5.73 Å². The first-order valence-electron chi connectivity index (χ1n) is 7.41. The number of nitrogens with one attached hydrogen (secondary N) is 1. The Kier molecular flexibility index (Phi) is 5.18. The molecule has 1 heterocycles. The Hall–Kier alpha value is -3.93. The van der Waals surface area contributed by atoms with E-state index in [-0.39, 0.29) is 11.3 Å². The third kappa shape index (κ3) is 3.76. The number of nitro benzene ring substituents is 1. The van der Waals surface area contributed by atoms with Crippen molar-refractivity contribution in [1.82, 2.24) is 9.88 Å². The SMILES string of the molecule is Cc1cc(/C=C(/C#N)C(=O)NC(N)=O)c(C)n1-c1cccc([N+](=O)[O-])c1. The molecule has 0 saturated heterocycles. The van der Waals surface area contributed by atoms with Crippen LogP contribution in [0.1, 0.15) is 17.0 Å². The molecular weight excluding hydrogens is 338 g/mol. The van der Waals surface area contributed by atoms with Crippen LogP contribution in [0, 0.1) is 35.3 Å². The van der Waals surface area contributed by atoms with Crippen LogP contribution in [-0.4, -0.2) is 21.4 Å². The van der Waals surface area contributed by atoms with Crippen molar-refractivity contribution in [1.29, 1.82) is 5.26 Å². The Bertz CT molecular complexity index is 982. The van der Waals surface area contributed by atoms with E-state index in [1.54, 1.807) is 42.7 Å². The smallest absolute Gasteiger partial charge is 0.319 e. The van der Waals surface area contributed by atoms with Gasteiger partial charge in [0.05, 0.1) is 10.6 Å². The van der Waals surface area contributed by atoms with Crippen LogP contribution in [0.2, 0.25) is 0 Å². The lowest BCUT2D eigenvalue weighted by molar-refractivity contribution is -0.384. The van der Waals surface area contributed by atoms with Gasteiger partial charge in [0.2, 0.25) is 0 Å². The van der Waals surface area contributed by atoms with Crippen LogP contribution in [-0.2, 0) is 4.79 Å². The molecule has 0 aliphatic rings. The summed E-state index contributed by atoms with van der Waals surface area (Å²) in [5.74, 6) is -0.903. The lowest BCUT2D eigenvalue weighted by atomic mass is 10.1. The van der Waals surface area contributed by atoms with Crippen molar-refractivity contribution in [3.63, 3.8) is 0 Å². The molecule has 1 aromatic carbocycles. The number of nitriles is 1. The van der Waals surface area contributed by atoms with Gasteiger partial charge in [-0.05, 0) is 37.6 Å². The Balaban J connectivity index is 2.51. The van der Waals surface area contributed by atoms with Crippen molar-refractivity contribution in [3.8, 4) is 11.8 Å². The average molecular weight is 353 g/mol. The summed E-state index contributed by atoms with van der Waals surface area (Å²) >= 11 is 0. The minimum Gasteiger partial charge on any atom is -0.351 e. The number of hydrogen-bond acceptors (Lipinski definition) is 5. The number of nitrogens with zero attached hydrogens (tertiary/aromatic N) is 3. The molecule has 26 heavy (non-hydrogen) atoms. The van der Waals surface area contributed by atoms with Gasteiger partial charge in [-0.2, -0.15) is 5.26 Å². The predicted octanol–water partition coefficient (Wildman–Crippen LogP) is 2.10. The highest BCUT2D eigenvalue weighted by Crippen LogP contribution is 2.25. The molecule has 2 aromatic rings. The van der Waals surface area contributed by atoms with Crippen LogP contribution >= 0.6 is 0 Å². The van der Waals surface area contributed by atoms with E-state index in [1.165, 1.54) is 18.2 Å².